The van der Waals surface area contributed by atoms with E-state index < -0.39 is 0 Å². The van der Waals surface area contributed by atoms with Crippen LogP contribution in [-0.2, 0) is 9.53 Å². The highest BCUT2D eigenvalue weighted by Gasteiger charge is 2.26. The molecule has 0 aromatic heterocycles. The number of phenolic OH excluding ortho intramolecular Hbond substituents is 1. The lowest BCUT2D eigenvalue weighted by Gasteiger charge is -2.34. The van der Waals surface area contributed by atoms with Crippen LogP contribution in [0, 0.1) is 5.92 Å². The van der Waals surface area contributed by atoms with Crippen LogP contribution in [0.15, 0.2) is 68.6 Å². The van der Waals surface area contributed by atoms with E-state index >= 15 is 0 Å². The van der Waals surface area contributed by atoms with Crippen molar-refractivity contribution in [2.75, 3.05) is 33.8 Å². The molecule has 7 nitrogen and oxygen atoms in total. The number of likely N-dealkylation sites (tertiary alicyclic amines) is 1. The van der Waals surface area contributed by atoms with Crippen LogP contribution in [0.3, 0.4) is 0 Å². The van der Waals surface area contributed by atoms with Gasteiger partial charge in [-0.15, -0.1) is 0 Å². The van der Waals surface area contributed by atoms with Crippen LogP contribution in [0.1, 0.15) is 59.4 Å². The number of allylic oxidation sites excluding steroid dienone is 5. The lowest BCUT2D eigenvalue weighted by atomic mass is 9.96. The average molecular weight is 495 g/mol. The number of nitrogens with zero attached hydrogens (tertiary/aromatic N) is 3. The molecule has 0 aliphatic carbocycles. The maximum atomic E-state index is 13.1. The number of piperidine rings is 1. The van der Waals surface area contributed by atoms with Gasteiger partial charge < -0.3 is 20.1 Å². The van der Waals surface area contributed by atoms with Crippen LogP contribution in [0.4, 0.5) is 0 Å². The summed E-state index contributed by atoms with van der Waals surface area (Å²) >= 11 is 0. The Balaban J connectivity index is 2.19. The van der Waals surface area contributed by atoms with Crippen molar-refractivity contribution >= 4 is 17.8 Å². The zero-order chi connectivity index (χ0) is 26.7. The first kappa shape index (κ1) is 28.9. The summed E-state index contributed by atoms with van der Waals surface area (Å²) in [6.07, 6.45) is 6.44. The van der Waals surface area contributed by atoms with Gasteiger partial charge in [0, 0.05) is 49.9 Å². The highest BCUT2D eigenvalue weighted by molar-refractivity contribution is 6.11. The molecule has 0 saturated carbocycles. The molecule has 2 rings (SSSR count). The number of carbonyl (C=O) groups is 1. The summed E-state index contributed by atoms with van der Waals surface area (Å²) in [4.78, 5) is 23.9. The number of methoxy groups -OCH3 is 1. The third-order valence-corrected chi connectivity index (χ3v) is 6.53. The van der Waals surface area contributed by atoms with E-state index in [1.54, 1.807) is 32.5 Å². The third kappa shape index (κ3) is 8.11. The number of para-hydroxylation sites is 1. The van der Waals surface area contributed by atoms with Gasteiger partial charge in [-0.1, -0.05) is 19.1 Å². The molecule has 196 valence electrons. The van der Waals surface area contributed by atoms with Crippen LogP contribution < -0.4 is 5.32 Å². The number of hydrogen-bond donors (Lipinski definition) is 2. The van der Waals surface area contributed by atoms with E-state index in [0.29, 0.717) is 29.4 Å². The molecule has 1 fully saturated rings. The minimum absolute atomic E-state index is 0.0797. The van der Waals surface area contributed by atoms with Crippen molar-refractivity contribution in [3.63, 3.8) is 0 Å². The highest BCUT2D eigenvalue weighted by atomic mass is 16.5. The Morgan fingerprint density at radius 1 is 1.25 bits per heavy atom. The van der Waals surface area contributed by atoms with Gasteiger partial charge in [-0.05, 0) is 76.7 Å². The molecule has 36 heavy (non-hydrogen) atoms. The Labute approximate surface area is 216 Å². The highest BCUT2D eigenvalue weighted by Crippen LogP contribution is 2.22. The van der Waals surface area contributed by atoms with Crippen LogP contribution in [0.2, 0.25) is 0 Å². The molecular formula is C29H42N4O3. The van der Waals surface area contributed by atoms with E-state index in [0.717, 1.165) is 55.0 Å². The fourth-order valence-electron chi connectivity index (χ4n) is 4.26. The molecule has 1 atom stereocenters. The van der Waals surface area contributed by atoms with Crippen molar-refractivity contribution in [1.82, 2.24) is 10.2 Å². The summed E-state index contributed by atoms with van der Waals surface area (Å²) in [5.74, 6) is 1.31. The Morgan fingerprint density at radius 2 is 1.97 bits per heavy atom. The number of hydrogen-bond acceptors (Lipinski definition) is 6. The van der Waals surface area contributed by atoms with E-state index in [-0.39, 0.29) is 11.7 Å². The molecule has 1 aromatic carbocycles. The topological polar surface area (TPSA) is 86.5 Å². The molecule has 0 spiro atoms. The van der Waals surface area contributed by atoms with Gasteiger partial charge in [0.1, 0.15) is 11.5 Å². The van der Waals surface area contributed by atoms with Crippen molar-refractivity contribution < 1.29 is 14.6 Å². The molecule has 1 saturated heterocycles. The number of carbonyl (C=O) groups excluding carboxylic acids is 1. The summed E-state index contributed by atoms with van der Waals surface area (Å²) in [6, 6.07) is 7.21. The lowest BCUT2D eigenvalue weighted by Crippen LogP contribution is -2.43. The van der Waals surface area contributed by atoms with E-state index in [1.807, 2.05) is 57.7 Å². The van der Waals surface area contributed by atoms with Gasteiger partial charge in [-0.2, -0.15) is 0 Å². The number of ether oxygens (including phenoxy) is 1. The Morgan fingerprint density at radius 3 is 2.61 bits per heavy atom. The minimum Gasteiger partial charge on any atom is -0.507 e. The number of rotatable bonds is 10. The van der Waals surface area contributed by atoms with Gasteiger partial charge in [-0.25, -0.2) is 0 Å². The van der Waals surface area contributed by atoms with Gasteiger partial charge >= 0.3 is 0 Å². The monoisotopic (exact) mass is 494 g/mol. The molecule has 1 amide bonds. The van der Waals surface area contributed by atoms with Gasteiger partial charge in [0.2, 0.25) is 0 Å². The predicted octanol–water partition coefficient (Wildman–Crippen LogP) is 5.24. The second kappa shape index (κ2) is 14.3. The Hall–Kier alpha value is -3.35. The lowest BCUT2D eigenvalue weighted by molar-refractivity contribution is -0.129. The predicted molar refractivity (Wildman–Crippen MR) is 148 cm³/mol. The van der Waals surface area contributed by atoms with Crippen molar-refractivity contribution in [3.8, 4) is 5.75 Å². The summed E-state index contributed by atoms with van der Waals surface area (Å²) in [6.45, 7) is 12.0. The van der Waals surface area contributed by atoms with Gasteiger partial charge in [0.05, 0.1) is 18.4 Å². The van der Waals surface area contributed by atoms with Gasteiger partial charge in [0.15, 0.2) is 0 Å². The zero-order valence-electron chi connectivity index (χ0n) is 22.9. The second-order valence-corrected chi connectivity index (χ2v) is 9.23. The van der Waals surface area contributed by atoms with Gasteiger partial charge in [0.25, 0.3) is 5.91 Å². The maximum Gasteiger partial charge on any atom is 0.253 e. The van der Waals surface area contributed by atoms with Crippen molar-refractivity contribution in [3.05, 3.63) is 64.2 Å². The Bertz CT molecular complexity index is 1070. The molecule has 2 N–H and O–H groups in total. The molecule has 1 aliphatic heterocycles. The molecule has 1 aromatic rings. The standard InChI is InChI=1S/C29H42N4O3/c1-8-25(23(5)36-7)29(35)33-15-11-12-24(19-33)18-31-21(3)16-27(26-13-9-10-14-28(26)34)32-22(4)20(2)17-30-6/h9-10,13-14,16-17,24,31,34H,8,11-12,15,18-19H2,1-7H3/b21-16+,22-20+,25-23+,30-17?,32-27-. The molecule has 1 heterocycles. The number of phenols is 1. The minimum atomic E-state index is 0.0797. The first-order valence-electron chi connectivity index (χ1n) is 12.6. The van der Waals surface area contributed by atoms with E-state index in [4.69, 9.17) is 9.73 Å². The van der Waals surface area contributed by atoms with E-state index in [2.05, 4.69) is 10.3 Å². The van der Waals surface area contributed by atoms with Crippen LogP contribution in [0.25, 0.3) is 0 Å². The number of aromatic hydroxyl groups is 1. The fourth-order valence-corrected chi connectivity index (χ4v) is 4.26. The SMILES string of the molecule is CC/C(C(=O)N1CCCC(CN/C(C)=C/C(=N/C(C)=C(\C)C=NC)c2ccccc2O)C1)=C(/C)OC. The number of amides is 1. The zero-order valence-corrected chi connectivity index (χ0v) is 22.9. The van der Waals surface area contributed by atoms with E-state index in [1.165, 1.54) is 0 Å². The van der Waals surface area contributed by atoms with Crippen LogP contribution in [0.5, 0.6) is 5.75 Å². The molecular weight excluding hydrogens is 452 g/mol. The van der Waals surface area contributed by atoms with Gasteiger partial charge in [-0.3, -0.25) is 14.8 Å². The molecule has 1 unspecified atom stereocenters. The summed E-state index contributed by atoms with van der Waals surface area (Å²) in [5, 5.41) is 14.0. The van der Waals surface area contributed by atoms with Crippen molar-refractivity contribution in [2.24, 2.45) is 15.9 Å². The number of nitrogens with one attached hydrogen (secondary N) is 1. The molecule has 0 bridgehead atoms. The first-order valence-corrected chi connectivity index (χ1v) is 12.6. The summed E-state index contributed by atoms with van der Waals surface area (Å²) in [5.41, 5.74) is 4.82. The first-order chi connectivity index (χ1) is 17.2. The van der Waals surface area contributed by atoms with Crippen LogP contribution in [-0.4, -0.2) is 61.6 Å². The van der Waals surface area contributed by atoms with Crippen molar-refractivity contribution in [1.29, 1.82) is 0 Å². The average Bonchev–Trinajstić information content (AvgIpc) is 2.87. The second-order valence-electron chi connectivity index (χ2n) is 9.23. The normalized spacial score (nSPS) is 18.6. The molecule has 7 heteroatoms. The summed E-state index contributed by atoms with van der Waals surface area (Å²) in [7, 11) is 3.34. The smallest absolute Gasteiger partial charge is 0.253 e. The Kier molecular flexibility index (Phi) is 11.4. The van der Waals surface area contributed by atoms with E-state index in [9.17, 15) is 9.90 Å². The number of benzene rings is 1. The maximum absolute atomic E-state index is 13.1. The quantitative estimate of drug-likeness (QED) is 0.265. The third-order valence-electron chi connectivity index (χ3n) is 6.53. The van der Waals surface area contributed by atoms with Crippen LogP contribution >= 0.6 is 0 Å². The largest absolute Gasteiger partial charge is 0.507 e. The summed E-state index contributed by atoms with van der Waals surface area (Å²) < 4.78 is 5.33. The molecule has 1 aliphatic rings. The van der Waals surface area contributed by atoms with Crippen molar-refractivity contribution in [2.45, 2.75) is 53.9 Å². The molecule has 0 radical (unpaired) electrons. The fraction of sp³-hybridized carbons (Fsp3) is 0.483. The number of aliphatic imine (C=N–C) groups is 2.